The van der Waals surface area contributed by atoms with Gasteiger partial charge in [-0.05, 0) is 89.2 Å². The molecule has 2 saturated heterocycles. The molecule has 10 atom stereocenters. The number of likely N-dealkylation sites (N-methyl/N-ethyl adjacent to an activating group) is 1. The third kappa shape index (κ3) is 16.4. The molecular weight excluding hydrogens is 795 g/mol. The third-order valence-electron chi connectivity index (χ3n) is 13.1. The van der Waals surface area contributed by atoms with E-state index in [0.717, 1.165) is 49.6 Å². The lowest BCUT2D eigenvalue weighted by molar-refractivity contribution is -0.152. The number of amides is 2. The number of ether oxygens (including phenoxy) is 6. The molecule has 10 unspecified atom stereocenters. The average molecular weight is 878 g/mol. The fourth-order valence-electron chi connectivity index (χ4n) is 8.44. The van der Waals surface area contributed by atoms with Gasteiger partial charge in [-0.2, -0.15) is 0 Å². The molecular formula is C47H83N3O10Si. The molecule has 2 fully saturated rings. The van der Waals surface area contributed by atoms with Crippen molar-refractivity contribution in [2.24, 2.45) is 17.8 Å². The van der Waals surface area contributed by atoms with Crippen LogP contribution in [0.15, 0.2) is 36.0 Å². The van der Waals surface area contributed by atoms with Crippen molar-refractivity contribution < 1.29 is 47.2 Å². The highest BCUT2D eigenvalue weighted by molar-refractivity contribution is 6.73. The maximum Gasteiger partial charge on any atom is 0.410 e. The third-order valence-corrected chi connectivity index (χ3v) is 17.8. The number of esters is 1. The van der Waals surface area contributed by atoms with E-state index < -0.39 is 26.1 Å². The lowest BCUT2D eigenvalue weighted by Crippen LogP contribution is -2.51. The fourth-order valence-corrected chi connectivity index (χ4v) is 11.3. The summed E-state index contributed by atoms with van der Waals surface area (Å²) in [5.41, 5.74) is -0.0304. The van der Waals surface area contributed by atoms with E-state index in [-0.39, 0.29) is 66.7 Å². The smallest absolute Gasteiger partial charge is 0.410 e. The number of piperazine rings is 1. The van der Waals surface area contributed by atoms with Gasteiger partial charge in [-0.3, -0.25) is 4.79 Å². The molecule has 0 aromatic heterocycles. The predicted molar refractivity (Wildman–Crippen MR) is 243 cm³/mol. The van der Waals surface area contributed by atoms with Crippen molar-refractivity contribution in [3.63, 3.8) is 0 Å². The van der Waals surface area contributed by atoms with E-state index in [9.17, 15) is 14.4 Å². The van der Waals surface area contributed by atoms with Gasteiger partial charge < -0.3 is 47.5 Å². The summed E-state index contributed by atoms with van der Waals surface area (Å²) in [5, 5.41) is 0. The Morgan fingerprint density at radius 3 is 2.31 bits per heavy atom. The van der Waals surface area contributed by atoms with Crippen LogP contribution in [0.1, 0.15) is 101 Å². The van der Waals surface area contributed by atoms with Gasteiger partial charge in [0.2, 0.25) is 0 Å². The highest BCUT2D eigenvalue weighted by atomic mass is 28.4. The fraction of sp³-hybridized carbons (Fsp3) is 0.809. The van der Waals surface area contributed by atoms with Crippen LogP contribution >= 0.6 is 0 Å². The summed E-state index contributed by atoms with van der Waals surface area (Å²) in [6.07, 6.45) is 10.4. The first kappa shape index (κ1) is 52.6. The normalized spacial score (nSPS) is 29.2. The molecule has 0 aromatic carbocycles. The molecule has 61 heavy (non-hydrogen) atoms. The van der Waals surface area contributed by atoms with Crippen LogP contribution in [-0.2, 0) is 37.6 Å². The average Bonchev–Trinajstić information content (AvgIpc) is 4.01. The molecule has 13 nitrogen and oxygen atoms in total. The lowest BCUT2D eigenvalue weighted by atomic mass is 9.88. The molecule has 0 aromatic rings. The first-order chi connectivity index (χ1) is 28.9. The van der Waals surface area contributed by atoms with E-state index in [1.807, 2.05) is 58.9 Å². The zero-order valence-corrected chi connectivity index (χ0v) is 41.1. The minimum atomic E-state index is -2.13. The van der Waals surface area contributed by atoms with Crippen molar-refractivity contribution >= 4 is 26.5 Å². The van der Waals surface area contributed by atoms with E-state index in [4.69, 9.17) is 32.8 Å². The van der Waals surface area contributed by atoms with E-state index in [1.165, 1.54) is 4.90 Å². The first-order valence-electron chi connectivity index (χ1n) is 23.2. The van der Waals surface area contributed by atoms with Gasteiger partial charge in [-0.1, -0.05) is 72.8 Å². The molecule has 0 aliphatic carbocycles. The summed E-state index contributed by atoms with van der Waals surface area (Å²) in [5.74, 6) is -0.239. The molecule has 3 aliphatic rings. The van der Waals surface area contributed by atoms with Crippen LogP contribution in [0, 0.1) is 17.8 Å². The van der Waals surface area contributed by atoms with Crippen molar-refractivity contribution in [1.29, 1.82) is 0 Å². The Balaban J connectivity index is 1.90. The maximum absolute atomic E-state index is 14.0. The van der Waals surface area contributed by atoms with Crippen LogP contribution < -0.4 is 0 Å². The zero-order chi connectivity index (χ0) is 45.3. The van der Waals surface area contributed by atoms with E-state index in [1.54, 1.807) is 19.0 Å². The number of cyclic esters (lactones) is 1. The van der Waals surface area contributed by atoms with Crippen molar-refractivity contribution in [3.05, 3.63) is 36.0 Å². The van der Waals surface area contributed by atoms with Crippen molar-refractivity contribution in [1.82, 2.24) is 14.7 Å². The first-order valence-corrected chi connectivity index (χ1v) is 25.8. The van der Waals surface area contributed by atoms with Crippen LogP contribution in [0.2, 0.25) is 18.1 Å². The molecule has 0 bridgehead atoms. The Kier molecular flexibility index (Phi) is 22.0. The quantitative estimate of drug-likeness (QED) is 0.0222. The topological polar surface area (TPSA) is 129 Å². The molecule has 0 spiro atoms. The van der Waals surface area contributed by atoms with Crippen LogP contribution in [0.3, 0.4) is 0 Å². The minimum absolute atomic E-state index is 0.0468. The Hall–Kier alpha value is -2.75. The Bertz CT molecular complexity index is 1440. The second-order valence-corrected chi connectivity index (χ2v) is 22.8. The Morgan fingerprint density at radius 2 is 1.70 bits per heavy atom. The number of carbonyl (C=O) groups is 3. The predicted octanol–water partition coefficient (Wildman–Crippen LogP) is 8.64. The van der Waals surface area contributed by atoms with E-state index in [2.05, 4.69) is 52.6 Å². The number of epoxide rings is 1. The SMILES string of the molecule is CCOCCOC1(C)CCC(O[Si](CC)(CC)CC)CC(=O)OC(/C(C)=C/C=C/C(C)CC2OC2C(C)C(CC)OC(=O)N(C)C)C(C)/C=C/C1OC(=O)N1CCN(C)CC1. The van der Waals surface area contributed by atoms with Crippen LogP contribution in [0.4, 0.5) is 9.59 Å². The van der Waals surface area contributed by atoms with Crippen LogP contribution in [0.5, 0.6) is 0 Å². The summed E-state index contributed by atoms with van der Waals surface area (Å²) < 4.78 is 44.0. The van der Waals surface area contributed by atoms with Crippen LogP contribution in [0.25, 0.3) is 0 Å². The summed E-state index contributed by atoms with van der Waals surface area (Å²) in [4.78, 5) is 45.4. The summed E-state index contributed by atoms with van der Waals surface area (Å²) in [6.45, 7) is 24.9. The molecule has 3 heterocycles. The van der Waals surface area contributed by atoms with Gasteiger partial charge in [0.15, 0.2) is 14.4 Å². The van der Waals surface area contributed by atoms with Gasteiger partial charge >= 0.3 is 18.2 Å². The van der Waals surface area contributed by atoms with Gasteiger partial charge in [-0.15, -0.1) is 0 Å². The molecule has 350 valence electrons. The van der Waals surface area contributed by atoms with E-state index >= 15 is 0 Å². The van der Waals surface area contributed by atoms with Crippen molar-refractivity contribution in [3.8, 4) is 0 Å². The van der Waals surface area contributed by atoms with Crippen molar-refractivity contribution in [2.45, 2.75) is 162 Å². The molecule has 14 heteroatoms. The summed E-state index contributed by atoms with van der Waals surface area (Å²) >= 11 is 0. The number of allylic oxidation sites excluding steroid dienone is 3. The number of carbonyl (C=O) groups excluding carboxylic acids is 3. The van der Waals surface area contributed by atoms with Gasteiger partial charge in [0.25, 0.3) is 0 Å². The number of rotatable bonds is 20. The second kappa shape index (κ2) is 25.5. The standard InChI is InChI=1S/C47H83N3O10Si/c1-14-39(57-45(52)48(11)12)37(9)44-40(56-44)32-34(6)20-19-21-35(7)43-36(8)22-23-41(58-46(53)50-28-26-49(13)27-29-50)47(10,55-31-30-54-15-2)25-24-38(33-42(51)59-43)60-61(16-3,17-4)18-5/h19-23,34,36-41,43-44H,14-18,24-33H2,1-13H3/b20-19+,23-22+,35-21+. The molecule has 0 radical (unpaired) electrons. The van der Waals surface area contributed by atoms with Crippen LogP contribution in [-0.4, -0.2) is 151 Å². The molecule has 2 amide bonds. The number of nitrogens with zero attached hydrogens (tertiary/aromatic N) is 3. The summed E-state index contributed by atoms with van der Waals surface area (Å²) in [7, 11) is 3.31. The Morgan fingerprint density at radius 1 is 1.03 bits per heavy atom. The molecule has 3 aliphatic heterocycles. The van der Waals surface area contributed by atoms with Gasteiger partial charge in [0.05, 0.1) is 37.9 Å². The Labute approximate surface area is 370 Å². The number of hydrogen-bond acceptors (Lipinski definition) is 11. The monoisotopic (exact) mass is 878 g/mol. The van der Waals surface area contributed by atoms with E-state index in [0.29, 0.717) is 45.8 Å². The highest BCUT2D eigenvalue weighted by Crippen LogP contribution is 2.38. The van der Waals surface area contributed by atoms with Gasteiger partial charge in [0, 0.05) is 58.7 Å². The second-order valence-electron chi connectivity index (χ2n) is 18.1. The molecule has 3 rings (SSSR count). The lowest BCUT2D eigenvalue weighted by Gasteiger charge is -2.40. The zero-order valence-electron chi connectivity index (χ0n) is 40.1. The maximum atomic E-state index is 14.0. The van der Waals surface area contributed by atoms with Gasteiger partial charge in [0.1, 0.15) is 17.8 Å². The largest absolute Gasteiger partial charge is 0.457 e. The molecule has 0 N–H and O–H groups in total. The van der Waals surface area contributed by atoms with Gasteiger partial charge in [-0.25, -0.2) is 9.59 Å². The minimum Gasteiger partial charge on any atom is -0.457 e. The van der Waals surface area contributed by atoms with Crippen molar-refractivity contribution in [2.75, 3.05) is 67.1 Å². The molecule has 0 saturated carbocycles. The summed E-state index contributed by atoms with van der Waals surface area (Å²) in [6, 6.07) is 2.85. The number of hydrogen-bond donors (Lipinski definition) is 0. The highest BCUT2D eigenvalue weighted by Gasteiger charge is 2.46.